The maximum absolute atomic E-state index is 12.4. The molecule has 1 atom stereocenters. The van der Waals surface area contributed by atoms with Gasteiger partial charge >= 0.3 is 0 Å². The van der Waals surface area contributed by atoms with Gasteiger partial charge in [-0.15, -0.1) is 0 Å². The number of H-pyrrole nitrogens is 1. The molecule has 28 heavy (non-hydrogen) atoms. The molecule has 0 bridgehead atoms. The fourth-order valence-electron chi connectivity index (χ4n) is 3.33. The van der Waals surface area contributed by atoms with E-state index in [-0.39, 0.29) is 16.6 Å². The molecule has 0 aliphatic carbocycles. The highest BCUT2D eigenvalue weighted by molar-refractivity contribution is 6.32. The van der Waals surface area contributed by atoms with E-state index in [9.17, 15) is 4.79 Å². The SMILES string of the molecule is COc1cccc(C2CN(c3nc(-c4ccncc4)[nH]c(=O)c3Cl)CCN2)c1. The van der Waals surface area contributed by atoms with Crippen LogP contribution < -0.4 is 20.5 Å². The quantitative estimate of drug-likeness (QED) is 0.704. The zero-order valence-electron chi connectivity index (χ0n) is 15.4. The highest BCUT2D eigenvalue weighted by atomic mass is 35.5. The minimum Gasteiger partial charge on any atom is -0.497 e. The number of benzene rings is 1. The molecule has 0 saturated carbocycles. The molecule has 1 saturated heterocycles. The third kappa shape index (κ3) is 3.72. The molecule has 4 rings (SSSR count). The summed E-state index contributed by atoms with van der Waals surface area (Å²) in [7, 11) is 1.65. The van der Waals surface area contributed by atoms with Crippen LogP contribution in [0.4, 0.5) is 5.82 Å². The third-order valence-corrected chi connectivity index (χ3v) is 5.11. The lowest BCUT2D eigenvalue weighted by Crippen LogP contribution is -2.46. The Morgan fingerprint density at radius 1 is 1.25 bits per heavy atom. The van der Waals surface area contributed by atoms with Crippen LogP contribution in [0, 0.1) is 0 Å². The van der Waals surface area contributed by atoms with E-state index in [1.165, 1.54) is 0 Å². The van der Waals surface area contributed by atoms with Gasteiger partial charge in [-0.25, -0.2) is 4.98 Å². The van der Waals surface area contributed by atoms with Gasteiger partial charge in [0.2, 0.25) is 0 Å². The number of hydrogen-bond donors (Lipinski definition) is 2. The van der Waals surface area contributed by atoms with Crippen LogP contribution >= 0.6 is 11.6 Å². The standard InChI is InChI=1S/C20H20ClN5O2/c1-28-15-4-2-3-14(11-15)16-12-26(10-9-23-16)19-17(21)20(27)25-18(24-19)13-5-7-22-8-6-13/h2-8,11,16,23H,9-10,12H2,1H3,(H,24,25,27). The lowest BCUT2D eigenvalue weighted by Gasteiger charge is -2.35. The van der Waals surface area contributed by atoms with Crippen LogP contribution in [-0.4, -0.2) is 41.7 Å². The first-order valence-corrected chi connectivity index (χ1v) is 9.36. The number of aromatic amines is 1. The molecular formula is C20H20ClN5O2. The molecular weight excluding hydrogens is 378 g/mol. The van der Waals surface area contributed by atoms with Crippen LogP contribution in [0.5, 0.6) is 5.75 Å². The summed E-state index contributed by atoms with van der Waals surface area (Å²) in [6.45, 7) is 2.09. The fraction of sp³-hybridized carbons (Fsp3) is 0.250. The fourth-order valence-corrected chi connectivity index (χ4v) is 3.54. The summed E-state index contributed by atoms with van der Waals surface area (Å²) in [5, 5.41) is 3.61. The van der Waals surface area contributed by atoms with Crippen LogP contribution in [0.25, 0.3) is 11.4 Å². The van der Waals surface area contributed by atoms with Gasteiger partial charge in [0.25, 0.3) is 5.56 Å². The normalized spacial score (nSPS) is 16.8. The smallest absolute Gasteiger partial charge is 0.272 e. The van der Waals surface area contributed by atoms with Gasteiger partial charge in [0.1, 0.15) is 16.6 Å². The first-order chi connectivity index (χ1) is 13.7. The van der Waals surface area contributed by atoms with E-state index in [1.807, 2.05) is 23.1 Å². The molecule has 0 spiro atoms. The van der Waals surface area contributed by atoms with E-state index >= 15 is 0 Å². The Morgan fingerprint density at radius 2 is 2.07 bits per heavy atom. The zero-order valence-corrected chi connectivity index (χ0v) is 16.1. The van der Waals surface area contributed by atoms with Gasteiger partial charge in [0.05, 0.1) is 13.2 Å². The molecule has 3 heterocycles. The summed E-state index contributed by atoms with van der Waals surface area (Å²) in [4.78, 5) is 25.9. The van der Waals surface area contributed by atoms with Crippen molar-refractivity contribution in [3.63, 3.8) is 0 Å². The Bertz CT molecular complexity index is 1020. The largest absolute Gasteiger partial charge is 0.497 e. The van der Waals surface area contributed by atoms with Crippen molar-refractivity contribution in [1.29, 1.82) is 0 Å². The summed E-state index contributed by atoms with van der Waals surface area (Å²) < 4.78 is 5.33. The number of methoxy groups -OCH3 is 1. The number of ether oxygens (including phenoxy) is 1. The van der Waals surface area contributed by atoms with E-state index in [0.717, 1.165) is 23.4 Å². The molecule has 8 heteroatoms. The number of nitrogens with zero attached hydrogens (tertiary/aromatic N) is 3. The van der Waals surface area contributed by atoms with Crippen LogP contribution in [0.3, 0.4) is 0 Å². The number of halogens is 1. The Kier molecular flexibility index (Phi) is 5.27. The van der Waals surface area contributed by atoms with Gasteiger partial charge in [-0.3, -0.25) is 9.78 Å². The van der Waals surface area contributed by atoms with Crippen molar-refractivity contribution < 1.29 is 4.74 Å². The Balaban J connectivity index is 1.66. The predicted octanol–water partition coefficient (Wildman–Crippen LogP) is 2.64. The third-order valence-electron chi connectivity index (χ3n) is 4.77. The molecule has 1 aromatic carbocycles. The molecule has 0 amide bonds. The van der Waals surface area contributed by atoms with Gasteiger partial charge in [0.15, 0.2) is 5.82 Å². The number of nitrogens with one attached hydrogen (secondary N) is 2. The Hall–Kier alpha value is -2.90. The minimum absolute atomic E-state index is 0.0744. The average Bonchev–Trinajstić information content (AvgIpc) is 2.76. The summed E-state index contributed by atoms with van der Waals surface area (Å²) in [5.41, 5.74) is 1.54. The highest BCUT2D eigenvalue weighted by Crippen LogP contribution is 2.28. The van der Waals surface area contributed by atoms with Gasteiger partial charge in [0, 0.05) is 37.6 Å². The van der Waals surface area contributed by atoms with Crippen molar-refractivity contribution in [2.45, 2.75) is 6.04 Å². The average molecular weight is 398 g/mol. The molecule has 3 aromatic rings. The van der Waals surface area contributed by atoms with Gasteiger partial charge < -0.3 is 19.9 Å². The zero-order chi connectivity index (χ0) is 19.5. The van der Waals surface area contributed by atoms with E-state index in [4.69, 9.17) is 16.3 Å². The summed E-state index contributed by atoms with van der Waals surface area (Å²) in [5.74, 6) is 1.78. The maximum Gasteiger partial charge on any atom is 0.272 e. The molecule has 2 aromatic heterocycles. The van der Waals surface area contributed by atoms with Gasteiger partial charge in [-0.05, 0) is 29.8 Å². The first-order valence-electron chi connectivity index (χ1n) is 8.98. The molecule has 1 aliphatic rings. The number of aromatic nitrogens is 3. The first kappa shape index (κ1) is 18.5. The molecule has 144 valence electrons. The predicted molar refractivity (Wildman–Crippen MR) is 109 cm³/mol. The number of hydrogen-bond acceptors (Lipinski definition) is 6. The number of rotatable bonds is 4. The number of pyridine rings is 1. The monoisotopic (exact) mass is 397 g/mol. The van der Waals surface area contributed by atoms with Crippen molar-refractivity contribution in [3.8, 4) is 17.1 Å². The van der Waals surface area contributed by atoms with Crippen LogP contribution in [-0.2, 0) is 0 Å². The molecule has 0 radical (unpaired) electrons. The Labute approximate surface area is 167 Å². The second-order valence-corrected chi connectivity index (χ2v) is 6.90. The second-order valence-electron chi connectivity index (χ2n) is 6.52. The van der Waals surface area contributed by atoms with Gasteiger partial charge in [-0.1, -0.05) is 23.7 Å². The van der Waals surface area contributed by atoms with Crippen LogP contribution in [0.2, 0.25) is 5.02 Å². The van der Waals surface area contributed by atoms with Crippen LogP contribution in [0.1, 0.15) is 11.6 Å². The van der Waals surface area contributed by atoms with Gasteiger partial charge in [-0.2, -0.15) is 0 Å². The lowest BCUT2D eigenvalue weighted by atomic mass is 10.0. The lowest BCUT2D eigenvalue weighted by molar-refractivity contribution is 0.411. The Morgan fingerprint density at radius 3 is 2.86 bits per heavy atom. The summed E-state index contributed by atoms with van der Waals surface area (Å²) in [6.07, 6.45) is 3.32. The topological polar surface area (TPSA) is 83.1 Å². The van der Waals surface area contributed by atoms with E-state index < -0.39 is 0 Å². The van der Waals surface area contributed by atoms with Crippen molar-refractivity contribution in [1.82, 2.24) is 20.3 Å². The van der Waals surface area contributed by atoms with Crippen molar-refractivity contribution in [3.05, 3.63) is 69.7 Å². The second kappa shape index (κ2) is 8.00. The molecule has 7 nitrogen and oxygen atoms in total. The van der Waals surface area contributed by atoms with E-state index in [0.29, 0.717) is 24.7 Å². The summed E-state index contributed by atoms with van der Waals surface area (Å²) >= 11 is 6.33. The number of anilines is 1. The van der Waals surface area contributed by atoms with E-state index in [1.54, 1.807) is 31.6 Å². The molecule has 2 N–H and O–H groups in total. The maximum atomic E-state index is 12.4. The van der Waals surface area contributed by atoms with Crippen molar-refractivity contribution in [2.75, 3.05) is 31.6 Å². The minimum atomic E-state index is -0.352. The highest BCUT2D eigenvalue weighted by Gasteiger charge is 2.25. The molecule has 1 unspecified atom stereocenters. The molecule has 1 aliphatic heterocycles. The van der Waals surface area contributed by atoms with E-state index in [2.05, 4.69) is 26.3 Å². The summed E-state index contributed by atoms with van der Waals surface area (Å²) in [6, 6.07) is 11.6. The number of piperazine rings is 1. The van der Waals surface area contributed by atoms with Crippen LogP contribution in [0.15, 0.2) is 53.6 Å². The molecule has 1 fully saturated rings. The van der Waals surface area contributed by atoms with Crippen molar-refractivity contribution in [2.24, 2.45) is 0 Å². The van der Waals surface area contributed by atoms with Crippen molar-refractivity contribution >= 4 is 17.4 Å².